The lowest BCUT2D eigenvalue weighted by Gasteiger charge is -2.39. The largest absolute Gasteiger partial charge is 0.480 e. The van der Waals surface area contributed by atoms with E-state index in [0.29, 0.717) is 71.0 Å². The van der Waals surface area contributed by atoms with Crippen LogP contribution >= 0.6 is 11.6 Å². The van der Waals surface area contributed by atoms with Crippen LogP contribution in [0.1, 0.15) is 56.6 Å². The smallest absolute Gasteiger partial charge is 0.301 e. The lowest BCUT2D eigenvalue weighted by atomic mass is 9.92. The molecule has 4 atom stereocenters. The third-order valence-corrected chi connectivity index (χ3v) is 14.4. The number of fused-ring (bicyclic) bond motifs is 6. The normalized spacial score (nSPS) is 25.2. The Kier molecular flexibility index (Phi) is 9.37. The summed E-state index contributed by atoms with van der Waals surface area (Å²) in [5.74, 6) is -2.75. The molecule has 15 nitrogen and oxygen atoms in total. The zero-order valence-corrected chi connectivity index (χ0v) is 35.3. The number of nitrogens with one attached hydrogen (secondary N) is 3. The van der Waals surface area contributed by atoms with Crippen LogP contribution in [0, 0.1) is 11.8 Å². The van der Waals surface area contributed by atoms with Gasteiger partial charge in [0.1, 0.15) is 5.02 Å². The number of piperazine rings is 1. The molecule has 5 fully saturated rings. The van der Waals surface area contributed by atoms with Gasteiger partial charge in [0.05, 0.1) is 46.3 Å². The van der Waals surface area contributed by atoms with Crippen LogP contribution in [0.3, 0.4) is 0 Å². The number of carbonyl (C=O) groups excluding carboxylic acids is 2. The first kappa shape index (κ1) is 39.3. The maximum absolute atomic E-state index is 15.2. The number of likely N-dealkylation sites (tertiary alicyclic amines) is 1. The molecule has 11 rings (SSSR count). The Morgan fingerprint density at radius 1 is 1.00 bits per heavy atom. The Morgan fingerprint density at radius 3 is 2.58 bits per heavy atom. The number of aromatic nitrogens is 5. The van der Waals surface area contributed by atoms with E-state index >= 15 is 8.78 Å². The fourth-order valence-corrected chi connectivity index (χ4v) is 10.9. The lowest BCUT2D eigenvalue weighted by Crippen LogP contribution is -2.49. The number of ether oxygens (including phenoxy) is 1. The standard InChI is InChI=1S/C44H48ClF2N11O4/c1-54-32-10-8-25(16-30(32)36-38(42(54)61)62-22-44(46,47)39(51-36)24-6-7-24)49-40-31(45)18-48-43(52-40)58-21-26-17-27(58)20-57(26)19-23-12-14-56(15-13-23)33-5-3-4-28-35(53-55(2)37(28)33)29-9-11-34(59)50-41(29)60/h3-5,8,10,16,18,23-24,26-27,29,39,51H,6-7,9,11-15,17,19-22H2,1-2H3,(H,48,49,52)(H,50,59,60). The van der Waals surface area contributed by atoms with Crippen LogP contribution in [-0.4, -0.2) is 104 Å². The highest BCUT2D eigenvalue weighted by Crippen LogP contribution is 2.46. The van der Waals surface area contributed by atoms with Gasteiger partial charge in [-0.1, -0.05) is 23.7 Å². The highest BCUT2D eigenvalue weighted by Gasteiger charge is 2.51. The van der Waals surface area contributed by atoms with Crippen molar-refractivity contribution in [1.29, 1.82) is 0 Å². The molecule has 18 heteroatoms. The first-order chi connectivity index (χ1) is 29.9. The highest BCUT2D eigenvalue weighted by atomic mass is 35.5. The van der Waals surface area contributed by atoms with Gasteiger partial charge in [-0.3, -0.25) is 29.3 Å². The van der Waals surface area contributed by atoms with E-state index in [1.54, 1.807) is 19.3 Å². The van der Waals surface area contributed by atoms with Crippen LogP contribution in [0.2, 0.25) is 5.02 Å². The molecule has 1 aliphatic carbocycles. The number of rotatable bonds is 8. The number of hydrogen-bond donors (Lipinski definition) is 3. The molecule has 3 aromatic heterocycles. The second kappa shape index (κ2) is 14.8. The molecule has 2 amide bonds. The molecule has 6 aliphatic rings. The minimum Gasteiger partial charge on any atom is -0.480 e. The van der Waals surface area contributed by atoms with Gasteiger partial charge in [-0.05, 0) is 74.6 Å². The van der Waals surface area contributed by atoms with E-state index in [-0.39, 0.29) is 35.2 Å². The van der Waals surface area contributed by atoms with Gasteiger partial charge in [-0.2, -0.15) is 10.1 Å². The number of benzene rings is 2. The van der Waals surface area contributed by atoms with Crippen LogP contribution in [0.5, 0.6) is 5.75 Å². The number of para-hydroxylation sites is 1. The first-order valence-corrected chi connectivity index (χ1v) is 22.1. The first-order valence-electron chi connectivity index (χ1n) is 21.7. The molecule has 5 aliphatic heterocycles. The minimum atomic E-state index is -3.13. The van der Waals surface area contributed by atoms with Gasteiger partial charge in [0.2, 0.25) is 23.5 Å². The maximum atomic E-state index is 15.2. The molecule has 5 aromatic rings. The fourth-order valence-electron chi connectivity index (χ4n) is 10.7. The molecule has 1 saturated carbocycles. The summed E-state index contributed by atoms with van der Waals surface area (Å²) in [6.07, 6.45) is 6.99. The average Bonchev–Trinajstić information content (AvgIpc) is 3.81. The predicted molar refractivity (Wildman–Crippen MR) is 232 cm³/mol. The number of carbonyl (C=O) groups is 2. The van der Waals surface area contributed by atoms with Crippen molar-refractivity contribution in [3.63, 3.8) is 0 Å². The second-order valence-corrected chi connectivity index (χ2v) is 18.5. The zero-order chi connectivity index (χ0) is 42.6. The van der Waals surface area contributed by atoms with E-state index in [4.69, 9.17) is 26.4 Å². The molecule has 4 unspecified atom stereocenters. The van der Waals surface area contributed by atoms with Gasteiger partial charge in [-0.15, -0.1) is 0 Å². The van der Waals surface area contributed by atoms with Crippen molar-refractivity contribution in [2.75, 3.05) is 59.8 Å². The van der Waals surface area contributed by atoms with Gasteiger partial charge in [0.25, 0.3) is 5.56 Å². The summed E-state index contributed by atoms with van der Waals surface area (Å²) < 4.78 is 39.2. The number of piperidine rings is 2. The van der Waals surface area contributed by atoms with Crippen molar-refractivity contribution in [1.82, 2.24) is 34.5 Å². The third kappa shape index (κ3) is 6.69. The van der Waals surface area contributed by atoms with Crippen molar-refractivity contribution in [2.24, 2.45) is 25.9 Å². The number of pyridine rings is 1. The molecule has 8 heterocycles. The monoisotopic (exact) mass is 867 g/mol. The topological polar surface area (TPSA) is 155 Å². The molecule has 324 valence electrons. The van der Waals surface area contributed by atoms with E-state index in [0.717, 1.165) is 74.3 Å². The molecule has 62 heavy (non-hydrogen) atoms. The van der Waals surface area contributed by atoms with Gasteiger partial charge in [0.15, 0.2) is 12.4 Å². The summed E-state index contributed by atoms with van der Waals surface area (Å²) in [5.41, 5.74) is 3.90. The molecular weight excluding hydrogens is 820 g/mol. The van der Waals surface area contributed by atoms with Crippen molar-refractivity contribution < 1.29 is 23.1 Å². The fraction of sp³-hybridized carbons (Fsp3) is 0.500. The number of aryl methyl sites for hydroxylation is 2. The summed E-state index contributed by atoms with van der Waals surface area (Å²) >= 11 is 6.68. The Labute approximate surface area is 360 Å². The van der Waals surface area contributed by atoms with Crippen LogP contribution in [0.25, 0.3) is 21.8 Å². The number of nitrogens with zero attached hydrogens (tertiary/aromatic N) is 8. The number of amides is 2. The maximum Gasteiger partial charge on any atom is 0.301 e. The molecule has 0 radical (unpaired) electrons. The van der Waals surface area contributed by atoms with Crippen LogP contribution in [0.15, 0.2) is 47.4 Å². The van der Waals surface area contributed by atoms with Crippen molar-refractivity contribution in [2.45, 2.75) is 74.9 Å². The van der Waals surface area contributed by atoms with Crippen molar-refractivity contribution in [3.05, 3.63) is 63.7 Å². The molecule has 4 saturated heterocycles. The van der Waals surface area contributed by atoms with E-state index in [9.17, 15) is 14.4 Å². The van der Waals surface area contributed by atoms with E-state index < -0.39 is 30.0 Å². The Morgan fingerprint density at radius 2 is 1.82 bits per heavy atom. The summed E-state index contributed by atoms with van der Waals surface area (Å²) in [6.45, 7) is 3.81. The molecular formula is C44H48ClF2N11O4. The van der Waals surface area contributed by atoms with Gasteiger partial charge in [0, 0.05) is 81.8 Å². The molecule has 2 aromatic carbocycles. The molecule has 2 bridgehead atoms. The number of halogens is 3. The quantitative estimate of drug-likeness (QED) is 0.168. The third-order valence-electron chi connectivity index (χ3n) is 14.1. The predicted octanol–water partition coefficient (Wildman–Crippen LogP) is 5.53. The summed E-state index contributed by atoms with van der Waals surface area (Å²) in [7, 11) is 3.54. The SMILES string of the molecule is Cn1nc(C2CCC(=O)NC2=O)c2cccc(N3CCC(CN4CC5CC4CN5c4ncc(Cl)c(Nc5ccc6c(c5)c5c(c(=O)n6C)OCC(F)(F)C(C6CC6)N5)n4)CC3)c21. The van der Waals surface area contributed by atoms with Crippen LogP contribution in [-0.2, 0) is 23.7 Å². The van der Waals surface area contributed by atoms with Crippen LogP contribution in [0.4, 0.5) is 37.6 Å². The number of hydrogen-bond acceptors (Lipinski definition) is 12. The molecule has 3 N–H and O–H groups in total. The minimum absolute atomic E-state index is 0.104. The van der Waals surface area contributed by atoms with Crippen LogP contribution < -0.4 is 36.0 Å². The average molecular weight is 868 g/mol. The van der Waals surface area contributed by atoms with E-state index in [1.807, 2.05) is 36.0 Å². The second-order valence-electron chi connectivity index (χ2n) is 18.1. The lowest BCUT2D eigenvalue weighted by molar-refractivity contribution is -0.134. The number of anilines is 5. The van der Waals surface area contributed by atoms with Crippen molar-refractivity contribution in [3.8, 4) is 5.75 Å². The van der Waals surface area contributed by atoms with Gasteiger partial charge >= 0.3 is 5.92 Å². The zero-order valence-electron chi connectivity index (χ0n) is 34.5. The summed E-state index contributed by atoms with van der Waals surface area (Å²) in [5, 5.41) is 15.6. The van der Waals surface area contributed by atoms with Crippen molar-refractivity contribution >= 4 is 74.0 Å². The van der Waals surface area contributed by atoms with E-state index in [1.165, 1.54) is 4.57 Å². The van der Waals surface area contributed by atoms with E-state index in [2.05, 4.69) is 41.7 Å². The Balaban J connectivity index is 0.749. The summed E-state index contributed by atoms with van der Waals surface area (Å²) in [6, 6.07) is 11.2. The Hall–Kier alpha value is -5.55. The summed E-state index contributed by atoms with van der Waals surface area (Å²) in [4.78, 5) is 54.7. The Bertz CT molecular complexity index is 2710. The number of imide groups is 1. The highest BCUT2D eigenvalue weighted by molar-refractivity contribution is 6.33. The molecule has 0 spiro atoms. The van der Waals surface area contributed by atoms with Gasteiger partial charge in [-0.25, -0.2) is 13.8 Å². The number of alkyl halides is 2. The van der Waals surface area contributed by atoms with Gasteiger partial charge < -0.3 is 29.7 Å².